The first-order valence-electron chi connectivity index (χ1n) is 16.5. The van der Waals surface area contributed by atoms with E-state index in [-0.39, 0.29) is 29.7 Å². The van der Waals surface area contributed by atoms with Crippen LogP contribution < -0.4 is 0 Å². The zero-order valence-electron chi connectivity index (χ0n) is 27.9. The van der Waals surface area contributed by atoms with Crippen LogP contribution in [0, 0.1) is 6.92 Å². The molecule has 0 saturated heterocycles. The van der Waals surface area contributed by atoms with E-state index in [1.165, 1.54) is 0 Å². The molecule has 42 heavy (non-hydrogen) atoms. The van der Waals surface area contributed by atoms with Crippen LogP contribution in [0.15, 0.2) is 152 Å². The number of rotatable bonds is 4. The maximum Gasteiger partial charge on any atom is 0.111 e. The van der Waals surface area contributed by atoms with E-state index in [2.05, 4.69) is 83.4 Å². The number of aryl methyl sites for hydroxylation is 1. The van der Waals surface area contributed by atoms with Crippen LogP contribution in [0.25, 0.3) is 71.6 Å². The molecular formula is C40H28N2. The van der Waals surface area contributed by atoms with Gasteiger partial charge in [-0.3, -0.25) is 4.57 Å². The van der Waals surface area contributed by atoms with E-state index in [4.69, 9.17) is 11.8 Å². The molecule has 1 aromatic heterocycles. The van der Waals surface area contributed by atoms with E-state index >= 15 is 0 Å². The number of hydrogen-bond donors (Lipinski definition) is 0. The summed E-state index contributed by atoms with van der Waals surface area (Å²) >= 11 is 0. The number of para-hydroxylation sites is 2. The van der Waals surface area contributed by atoms with Gasteiger partial charge in [-0.1, -0.05) is 127 Å². The first-order valence-corrected chi connectivity index (χ1v) is 14.0. The van der Waals surface area contributed by atoms with Crippen LogP contribution in [0.3, 0.4) is 0 Å². The Labute approximate surface area is 252 Å². The van der Waals surface area contributed by atoms with Gasteiger partial charge in [-0.05, 0) is 86.1 Å². The Morgan fingerprint density at radius 3 is 1.76 bits per heavy atom. The highest BCUT2D eigenvalue weighted by Gasteiger charge is 2.17. The molecule has 0 spiro atoms. The van der Waals surface area contributed by atoms with Gasteiger partial charge in [-0.25, -0.2) is 4.98 Å². The second-order valence-corrected chi connectivity index (χ2v) is 10.5. The molecule has 2 nitrogen and oxygen atoms in total. The summed E-state index contributed by atoms with van der Waals surface area (Å²) in [4.78, 5) is 4.80. The molecule has 0 N–H and O–H groups in total. The Morgan fingerprint density at radius 2 is 1.10 bits per heavy atom. The van der Waals surface area contributed by atoms with Crippen molar-refractivity contribution >= 4 is 32.6 Å². The molecule has 8 aromatic rings. The average Bonchev–Trinajstić information content (AvgIpc) is 3.45. The van der Waals surface area contributed by atoms with Crippen molar-refractivity contribution in [2.45, 2.75) is 6.92 Å². The summed E-state index contributed by atoms with van der Waals surface area (Å²) in [6, 6.07) is 39.9. The Hall–Kier alpha value is -5.47. The van der Waals surface area contributed by atoms with Crippen molar-refractivity contribution in [3.05, 3.63) is 157 Å². The lowest BCUT2D eigenvalue weighted by molar-refractivity contribution is 1.00. The monoisotopic (exact) mass is 541 g/mol. The third kappa shape index (κ3) is 3.92. The van der Waals surface area contributed by atoms with E-state index < -0.39 is 6.04 Å². The summed E-state index contributed by atoms with van der Waals surface area (Å²) in [5.74, 6) is 0.931. The van der Waals surface area contributed by atoms with Crippen LogP contribution in [0.2, 0.25) is 0 Å². The summed E-state index contributed by atoms with van der Waals surface area (Å²) < 4.78 is 43.3. The van der Waals surface area contributed by atoms with Gasteiger partial charge in [0.05, 0.1) is 17.9 Å². The number of hydrogen-bond acceptors (Lipinski definition) is 1. The number of aromatic nitrogens is 2. The molecule has 198 valence electrons. The minimum absolute atomic E-state index is 0.202. The summed E-state index contributed by atoms with van der Waals surface area (Å²) in [5, 5.41) is 4.46. The predicted molar refractivity (Wildman–Crippen MR) is 177 cm³/mol. The normalized spacial score (nSPS) is 13.1. The van der Waals surface area contributed by atoms with Crippen LogP contribution >= 0.6 is 0 Å². The average molecular weight is 542 g/mol. The highest BCUT2D eigenvalue weighted by Crippen LogP contribution is 2.44. The highest BCUT2D eigenvalue weighted by atomic mass is 15.1. The summed E-state index contributed by atoms with van der Waals surface area (Å²) in [6.07, 6.45) is 0. The van der Waals surface area contributed by atoms with Crippen molar-refractivity contribution in [3.8, 4) is 39.1 Å². The van der Waals surface area contributed by atoms with Crippen molar-refractivity contribution in [2.75, 3.05) is 0 Å². The molecule has 0 radical (unpaired) electrons. The first-order chi connectivity index (χ1) is 22.8. The highest BCUT2D eigenvalue weighted by molar-refractivity contribution is 6.21. The molecule has 0 unspecified atom stereocenters. The second-order valence-electron chi connectivity index (χ2n) is 10.5. The lowest BCUT2D eigenvalue weighted by atomic mass is 9.85. The molecule has 7 aromatic carbocycles. The van der Waals surface area contributed by atoms with Crippen molar-refractivity contribution in [2.24, 2.45) is 0 Å². The van der Waals surface area contributed by atoms with Crippen molar-refractivity contribution < 1.29 is 6.85 Å². The van der Waals surface area contributed by atoms with E-state index in [1.54, 1.807) is 0 Å². The lowest BCUT2D eigenvalue weighted by Gasteiger charge is -2.18. The lowest BCUT2D eigenvalue weighted by Crippen LogP contribution is -1.97. The fourth-order valence-electron chi connectivity index (χ4n) is 6.22. The topological polar surface area (TPSA) is 17.8 Å². The molecule has 0 atom stereocenters. The standard InChI is InChI=1S/C40H28N2/c1-27-41-37-20-9-10-21-38(37)42(27)32-15-11-14-31(26-32)40-35-18-7-5-16-33(35)39(34-17-6-8-19-36(34)40)30-24-22-29(23-25-30)28-12-3-2-4-13-28/h2-26H,1H3/i2D,3D,4D,12D,13D. The van der Waals surface area contributed by atoms with Crippen LogP contribution in [-0.4, -0.2) is 9.55 Å². The fraction of sp³-hybridized carbons (Fsp3) is 0.0250. The number of imidazole rings is 1. The molecule has 2 heteroatoms. The third-order valence-electron chi connectivity index (χ3n) is 8.02. The van der Waals surface area contributed by atoms with Gasteiger partial charge in [-0.15, -0.1) is 0 Å². The molecule has 0 aliphatic heterocycles. The summed E-state index contributed by atoms with van der Waals surface area (Å²) in [6.45, 7) is 2.04. The minimum atomic E-state index is -0.391. The van der Waals surface area contributed by atoms with E-state index in [1.807, 2.05) is 49.4 Å². The Morgan fingerprint density at radius 1 is 0.524 bits per heavy atom. The molecule has 1 heterocycles. The predicted octanol–water partition coefficient (Wildman–Crippen LogP) is 10.6. The molecule has 0 saturated carbocycles. The minimum Gasteiger partial charge on any atom is -0.297 e. The molecular weight excluding hydrogens is 508 g/mol. The number of benzene rings is 7. The van der Waals surface area contributed by atoms with Gasteiger partial charge >= 0.3 is 0 Å². The summed E-state index contributed by atoms with van der Waals surface area (Å²) in [5.41, 5.74) is 8.19. The van der Waals surface area contributed by atoms with Gasteiger partial charge in [0.1, 0.15) is 5.82 Å². The second kappa shape index (κ2) is 9.87. The zero-order valence-corrected chi connectivity index (χ0v) is 22.9. The quantitative estimate of drug-likeness (QED) is 0.203. The molecule has 0 bridgehead atoms. The molecule has 0 fully saturated rings. The van der Waals surface area contributed by atoms with Gasteiger partial charge in [0.15, 0.2) is 0 Å². The van der Waals surface area contributed by atoms with E-state index in [9.17, 15) is 0 Å². The van der Waals surface area contributed by atoms with Gasteiger partial charge in [0, 0.05) is 5.69 Å². The van der Waals surface area contributed by atoms with Crippen molar-refractivity contribution in [1.29, 1.82) is 0 Å². The summed E-state index contributed by atoms with van der Waals surface area (Å²) in [7, 11) is 0. The maximum atomic E-state index is 8.45. The van der Waals surface area contributed by atoms with Gasteiger partial charge in [-0.2, -0.15) is 0 Å². The van der Waals surface area contributed by atoms with Gasteiger partial charge in [0.2, 0.25) is 0 Å². The smallest absolute Gasteiger partial charge is 0.111 e. The molecule has 0 aliphatic carbocycles. The van der Waals surface area contributed by atoms with Crippen LogP contribution in [-0.2, 0) is 0 Å². The Balaban J connectivity index is 1.33. The first kappa shape index (κ1) is 19.6. The number of fused-ring (bicyclic) bond motifs is 3. The zero-order chi connectivity index (χ0) is 32.4. The van der Waals surface area contributed by atoms with Gasteiger partial charge in [0.25, 0.3) is 0 Å². The van der Waals surface area contributed by atoms with Crippen molar-refractivity contribution in [3.63, 3.8) is 0 Å². The largest absolute Gasteiger partial charge is 0.297 e. The molecule has 0 aliphatic rings. The third-order valence-corrected chi connectivity index (χ3v) is 8.02. The van der Waals surface area contributed by atoms with Crippen LogP contribution in [0.1, 0.15) is 12.7 Å². The molecule has 0 amide bonds. The van der Waals surface area contributed by atoms with Crippen LogP contribution in [0.4, 0.5) is 0 Å². The number of nitrogens with zero attached hydrogens (tertiary/aromatic N) is 2. The SMILES string of the molecule is [2H]c1c([2H])c([2H])c(-c2ccc(-c3c4ccccc4c(-c4cccc(-n5c(C)nc6ccccc65)c4)c4ccccc34)cc2)c([2H])c1[2H]. The maximum absolute atomic E-state index is 8.45. The Bertz CT molecular complexity index is 2450. The molecule has 8 rings (SSSR count). The van der Waals surface area contributed by atoms with E-state index in [0.717, 1.165) is 66.3 Å². The Kier molecular flexibility index (Phi) is 4.60. The van der Waals surface area contributed by atoms with Gasteiger partial charge < -0.3 is 0 Å². The van der Waals surface area contributed by atoms with E-state index in [0.29, 0.717) is 5.56 Å². The van der Waals surface area contributed by atoms with Crippen LogP contribution in [0.5, 0.6) is 0 Å². The fourth-order valence-corrected chi connectivity index (χ4v) is 6.22. The van der Waals surface area contributed by atoms with Crippen molar-refractivity contribution in [1.82, 2.24) is 9.55 Å².